The minimum atomic E-state index is -1.03. The molecule has 2 amide bonds. The van der Waals surface area contributed by atoms with E-state index in [4.69, 9.17) is 5.11 Å². The standard InChI is InChI=1S/C11H18N2O3/c1-4-7-13(8-5-2)11(16)12-9(6-3)10(14)15/h4-5,9H,1-2,6-8H2,3H3,(H,12,16)(H,14,15). The topological polar surface area (TPSA) is 69.6 Å². The summed E-state index contributed by atoms with van der Waals surface area (Å²) in [6, 6.07) is -1.28. The molecule has 0 spiro atoms. The maximum atomic E-state index is 11.7. The van der Waals surface area contributed by atoms with Gasteiger partial charge in [0.1, 0.15) is 6.04 Å². The molecule has 16 heavy (non-hydrogen) atoms. The van der Waals surface area contributed by atoms with E-state index in [2.05, 4.69) is 18.5 Å². The Morgan fingerprint density at radius 3 is 2.19 bits per heavy atom. The summed E-state index contributed by atoms with van der Waals surface area (Å²) in [5.74, 6) is -1.03. The molecular weight excluding hydrogens is 208 g/mol. The zero-order valence-electron chi connectivity index (χ0n) is 9.48. The second-order valence-electron chi connectivity index (χ2n) is 3.23. The first-order chi connectivity index (χ1) is 7.56. The van der Waals surface area contributed by atoms with Gasteiger partial charge in [0.25, 0.3) is 0 Å². The number of carboxylic acid groups (broad SMARTS) is 1. The largest absolute Gasteiger partial charge is 0.480 e. The number of carbonyl (C=O) groups excluding carboxylic acids is 1. The molecule has 0 aliphatic carbocycles. The molecule has 1 atom stereocenters. The molecule has 0 aliphatic rings. The Kier molecular flexibility index (Phi) is 6.67. The molecule has 0 bridgehead atoms. The van der Waals surface area contributed by atoms with Crippen LogP contribution in [0.5, 0.6) is 0 Å². The monoisotopic (exact) mass is 226 g/mol. The second kappa shape index (κ2) is 7.50. The number of carbonyl (C=O) groups is 2. The molecule has 0 aliphatic heterocycles. The van der Waals surface area contributed by atoms with E-state index in [1.165, 1.54) is 4.90 Å². The van der Waals surface area contributed by atoms with Crippen LogP contribution in [0.4, 0.5) is 4.79 Å². The van der Waals surface area contributed by atoms with Crippen molar-refractivity contribution >= 4 is 12.0 Å². The van der Waals surface area contributed by atoms with E-state index in [0.29, 0.717) is 19.5 Å². The number of carboxylic acids is 1. The molecule has 0 aromatic rings. The molecule has 0 fully saturated rings. The predicted octanol–water partition coefficient (Wildman–Crippen LogP) is 1.23. The molecule has 5 heteroatoms. The molecule has 0 rings (SSSR count). The Labute approximate surface area is 95.4 Å². The van der Waals surface area contributed by atoms with E-state index in [1.54, 1.807) is 19.1 Å². The van der Waals surface area contributed by atoms with E-state index >= 15 is 0 Å². The van der Waals surface area contributed by atoms with Gasteiger partial charge in [0.05, 0.1) is 0 Å². The lowest BCUT2D eigenvalue weighted by atomic mass is 10.2. The number of nitrogens with one attached hydrogen (secondary N) is 1. The molecule has 0 radical (unpaired) electrons. The first kappa shape index (κ1) is 14.2. The quantitative estimate of drug-likeness (QED) is 0.641. The normalized spacial score (nSPS) is 11.3. The molecule has 5 nitrogen and oxygen atoms in total. The minimum absolute atomic E-state index is 0.344. The molecule has 0 aromatic heterocycles. The summed E-state index contributed by atoms with van der Waals surface area (Å²) < 4.78 is 0. The van der Waals surface area contributed by atoms with Crippen LogP contribution in [0.1, 0.15) is 13.3 Å². The number of amides is 2. The molecule has 2 N–H and O–H groups in total. The number of aliphatic carboxylic acids is 1. The average Bonchev–Trinajstić information content (AvgIpc) is 2.24. The van der Waals surface area contributed by atoms with Crippen LogP contribution < -0.4 is 5.32 Å². The first-order valence-corrected chi connectivity index (χ1v) is 5.06. The van der Waals surface area contributed by atoms with Gasteiger partial charge in [0.2, 0.25) is 0 Å². The highest BCUT2D eigenvalue weighted by atomic mass is 16.4. The Balaban J connectivity index is 4.42. The van der Waals surface area contributed by atoms with Gasteiger partial charge in [0.15, 0.2) is 0 Å². The molecular formula is C11H18N2O3. The van der Waals surface area contributed by atoms with Crippen molar-refractivity contribution in [2.75, 3.05) is 13.1 Å². The Morgan fingerprint density at radius 1 is 1.38 bits per heavy atom. The summed E-state index contributed by atoms with van der Waals surface area (Å²) in [5, 5.41) is 11.2. The summed E-state index contributed by atoms with van der Waals surface area (Å²) in [5.41, 5.74) is 0. The van der Waals surface area contributed by atoms with Gasteiger partial charge in [0, 0.05) is 13.1 Å². The van der Waals surface area contributed by atoms with Gasteiger partial charge >= 0.3 is 12.0 Å². The van der Waals surface area contributed by atoms with Crippen LogP contribution >= 0.6 is 0 Å². The van der Waals surface area contributed by atoms with Crippen molar-refractivity contribution in [3.05, 3.63) is 25.3 Å². The lowest BCUT2D eigenvalue weighted by Gasteiger charge is -2.22. The number of rotatable bonds is 7. The first-order valence-electron chi connectivity index (χ1n) is 5.06. The number of hydrogen-bond donors (Lipinski definition) is 2. The number of hydrogen-bond acceptors (Lipinski definition) is 2. The highest BCUT2D eigenvalue weighted by Gasteiger charge is 2.20. The van der Waals surface area contributed by atoms with Gasteiger partial charge in [-0.25, -0.2) is 9.59 Å². The summed E-state index contributed by atoms with van der Waals surface area (Å²) in [6.45, 7) is 9.46. The van der Waals surface area contributed by atoms with Crippen LogP contribution in [-0.2, 0) is 4.79 Å². The molecule has 0 saturated heterocycles. The van der Waals surface area contributed by atoms with Crippen molar-refractivity contribution < 1.29 is 14.7 Å². The fourth-order valence-electron chi connectivity index (χ4n) is 1.13. The summed E-state index contributed by atoms with van der Waals surface area (Å²) in [7, 11) is 0. The van der Waals surface area contributed by atoms with E-state index < -0.39 is 18.0 Å². The van der Waals surface area contributed by atoms with Crippen LogP contribution in [0.15, 0.2) is 25.3 Å². The lowest BCUT2D eigenvalue weighted by molar-refractivity contribution is -0.139. The third-order valence-electron chi connectivity index (χ3n) is 1.99. The minimum Gasteiger partial charge on any atom is -0.480 e. The molecule has 0 aromatic carbocycles. The lowest BCUT2D eigenvalue weighted by Crippen LogP contribution is -2.47. The van der Waals surface area contributed by atoms with Crippen LogP contribution in [0, 0.1) is 0 Å². The van der Waals surface area contributed by atoms with Crippen LogP contribution in [0.25, 0.3) is 0 Å². The summed E-state index contributed by atoms with van der Waals surface area (Å²) in [4.78, 5) is 23.8. The molecule has 0 saturated carbocycles. The third kappa shape index (κ3) is 4.63. The SMILES string of the molecule is C=CCN(CC=C)C(=O)NC(CC)C(=O)O. The van der Waals surface area contributed by atoms with Crippen LogP contribution in [0.2, 0.25) is 0 Å². The average molecular weight is 226 g/mol. The van der Waals surface area contributed by atoms with E-state index in [0.717, 1.165) is 0 Å². The summed E-state index contributed by atoms with van der Waals surface area (Å²) in [6.07, 6.45) is 3.49. The van der Waals surface area contributed by atoms with Gasteiger partial charge in [-0.2, -0.15) is 0 Å². The van der Waals surface area contributed by atoms with Crippen molar-refractivity contribution in [1.82, 2.24) is 10.2 Å². The van der Waals surface area contributed by atoms with Gasteiger partial charge < -0.3 is 15.3 Å². The predicted molar refractivity (Wildman–Crippen MR) is 62.2 cm³/mol. The molecule has 0 heterocycles. The Hall–Kier alpha value is -1.78. The number of urea groups is 1. The van der Waals surface area contributed by atoms with E-state index in [-0.39, 0.29) is 0 Å². The van der Waals surface area contributed by atoms with Crippen molar-refractivity contribution in [1.29, 1.82) is 0 Å². The van der Waals surface area contributed by atoms with Crippen molar-refractivity contribution in [2.24, 2.45) is 0 Å². The zero-order chi connectivity index (χ0) is 12.6. The fraction of sp³-hybridized carbons (Fsp3) is 0.455. The van der Waals surface area contributed by atoms with Gasteiger partial charge in [-0.15, -0.1) is 13.2 Å². The highest BCUT2D eigenvalue weighted by molar-refractivity contribution is 5.82. The van der Waals surface area contributed by atoms with E-state index in [1.807, 2.05) is 0 Å². The van der Waals surface area contributed by atoms with Gasteiger partial charge in [-0.1, -0.05) is 19.1 Å². The summed E-state index contributed by atoms with van der Waals surface area (Å²) >= 11 is 0. The maximum Gasteiger partial charge on any atom is 0.326 e. The van der Waals surface area contributed by atoms with Crippen molar-refractivity contribution in [2.45, 2.75) is 19.4 Å². The van der Waals surface area contributed by atoms with Crippen molar-refractivity contribution in [3.63, 3.8) is 0 Å². The maximum absolute atomic E-state index is 11.7. The van der Waals surface area contributed by atoms with Crippen molar-refractivity contribution in [3.8, 4) is 0 Å². The number of nitrogens with zero attached hydrogens (tertiary/aromatic N) is 1. The molecule has 1 unspecified atom stereocenters. The highest BCUT2D eigenvalue weighted by Crippen LogP contribution is 1.96. The van der Waals surface area contributed by atoms with E-state index in [9.17, 15) is 9.59 Å². The Bertz CT molecular complexity index is 266. The second-order valence-corrected chi connectivity index (χ2v) is 3.23. The van der Waals surface area contributed by atoms with Gasteiger partial charge in [-0.3, -0.25) is 0 Å². The third-order valence-corrected chi connectivity index (χ3v) is 1.99. The smallest absolute Gasteiger partial charge is 0.326 e. The molecule has 90 valence electrons. The van der Waals surface area contributed by atoms with Crippen LogP contribution in [0.3, 0.4) is 0 Å². The zero-order valence-corrected chi connectivity index (χ0v) is 9.48. The van der Waals surface area contributed by atoms with Gasteiger partial charge in [-0.05, 0) is 6.42 Å². The fourth-order valence-corrected chi connectivity index (χ4v) is 1.13. The van der Waals surface area contributed by atoms with Crippen LogP contribution in [-0.4, -0.2) is 41.1 Å². The Morgan fingerprint density at radius 2 is 1.88 bits per heavy atom.